The van der Waals surface area contributed by atoms with E-state index in [2.05, 4.69) is 15.9 Å². The van der Waals surface area contributed by atoms with E-state index < -0.39 is 0 Å². The highest BCUT2D eigenvalue weighted by Gasteiger charge is 2.21. The Balaban J connectivity index is 1.91. The summed E-state index contributed by atoms with van der Waals surface area (Å²) >= 11 is 9.55. The van der Waals surface area contributed by atoms with Crippen LogP contribution in [-0.2, 0) is 6.54 Å². The molecule has 6 heteroatoms. The molecule has 2 aromatic carbocycles. The zero-order valence-electron chi connectivity index (χ0n) is 13.4. The molecule has 126 valence electrons. The summed E-state index contributed by atoms with van der Waals surface area (Å²) in [7, 11) is 1.64. The van der Waals surface area contributed by atoms with E-state index >= 15 is 0 Å². The van der Waals surface area contributed by atoms with Crippen molar-refractivity contribution >= 4 is 50.1 Å². The molecule has 0 fully saturated rings. The third-order valence-electron chi connectivity index (χ3n) is 4.33. The molecule has 1 aliphatic rings. The van der Waals surface area contributed by atoms with Gasteiger partial charge in [0.05, 0.1) is 18.0 Å². The minimum Gasteiger partial charge on any atom is -0.496 e. The van der Waals surface area contributed by atoms with Crippen molar-refractivity contribution in [2.75, 3.05) is 7.11 Å². The molecule has 0 amide bonds. The van der Waals surface area contributed by atoms with Crippen molar-refractivity contribution in [3.63, 3.8) is 0 Å². The lowest BCUT2D eigenvalue weighted by atomic mass is 10.1. The zero-order valence-corrected chi connectivity index (χ0v) is 15.8. The van der Waals surface area contributed by atoms with E-state index in [0.29, 0.717) is 28.3 Å². The number of rotatable bonds is 2. The molecule has 4 nitrogen and oxygen atoms in total. The fourth-order valence-corrected chi connectivity index (χ4v) is 3.68. The zero-order chi connectivity index (χ0) is 17.6. The average molecular weight is 418 g/mol. The van der Waals surface area contributed by atoms with Gasteiger partial charge in [-0.25, -0.2) is 4.98 Å². The molecule has 0 bridgehead atoms. The van der Waals surface area contributed by atoms with Crippen LogP contribution in [0.2, 0.25) is 5.02 Å². The van der Waals surface area contributed by atoms with Gasteiger partial charge in [-0.15, -0.1) is 0 Å². The highest BCUT2D eigenvalue weighted by Crippen LogP contribution is 2.32. The van der Waals surface area contributed by atoms with Gasteiger partial charge in [0, 0.05) is 21.6 Å². The quantitative estimate of drug-likeness (QED) is 0.603. The lowest BCUT2D eigenvalue weighted by Gasteiger charge is -2.08. The maximum absolute atomic E-state index is 12.7. The normalized spacial score (nSPS) is 14.9. The number of hydrogen-bond acceptors (Lipinski definition) is 3. The van der Waals surface area contributed by atoms with Gasteiger partial charge in [-0.05, 0) is 54.5 Å². The molecule has 1 aliphatic heterocycles. The summed E-state index contributed by atoms with van der Waals surface area (Å²) in [5, 5.41) is 1.16. The van der Waals surface area contributed by atoms with Crippen LogP contribution in [0.15, 0.2) is 45.7 Å². The molecule has 0 N–H and O–H groups in total. The van der Waals surface area contributed by atoms with Crippen LogP contribution >= 0.6 is 27.5 Å². The van der Waals surface area contributed by atoms with Crippen LogP contribution in [0.25, 0.3) is 22.6 Å². The molecule has 2 heterocycles. The molecule has 0 atom stereocenters. The van der Waals surface area contributed by atoms with Gasteiger partial charge in [-0.2, -0.15) is 0 Å². The van der Waals surface area contributed by atoms with Gasteiger partial charge in [-0.1, -0.05) is 27.5 Å². The Morgan fingerprint density at radius 1 is 1.28 bits per heavy atom. The van der Waals surface area contributed by atoms with Crippen LogP contribution in [0.4, 0.5) is 0 Å². The average Bonchev–Trinajstić information content (AvgIpc) is 2.98. The van der Waals surface area contributed by atoms with Gasteiger partial charge in [0.25, 0.3) is 5.56 Å². The van der Waals surface area contributed by atoms with E-state index in [-0.39, 0.29) is 5.56 Å². The maximum atomic E-state index is 12.7. The molecule has 0 spiro atoms. The predicted octanol–water partition coefficient (Wildman–Crippen LogP) is 4.77. The fraction of sp³-hybridized carbons (Fsp3) is 0.158. The van der Waals surface area contributed by atoms with Crippen LogP contribution in [-0.4, -0.2) is 16.7 Å². The first-order valence-corrected chi connectivity index (χ1v) is 8.98. The Hall–Kier alpha value is -2.11. The topological polar surface area (TPSA) is 44.1 Å². The standard InChI is InChI=1S/C19H14BrClN2O2/c1-25-17-5-2-13(20)9-12(17)8-11-6-7-23-18(11)22-16-10-14(21)3-4-15(16)19(23)24/h2-5,8-10H,6-7H2,1H3/b11-8+. The number of methoxy groups -OCH3 is 1. The molecule has 25 heavy (non-hydrogen) atoms. The highest BCUT2D eigenvalue weighted by atomic mass is 79.9. The van der Waals surface area contributed by atoms with Crippen molar-refractivity contribution in [1.82, 2.24) is 9.55 Å². The molecule has 0 unspecified atom stereocenters. The van der Waals surface area contributed by atoms with Crippen molar-refractivity contribution in [3.8, 4) is 5.75 Å². The third kappa shape index (κ3) is 2.87. The number of allylic oxidation sites excluding steroid dienone is 1. The molecule has 0 saturated carbocycles. The second-order valence-electron chi connectivity index (χ2n) is 5.86. The number of benzene rings is 2. The first-order chi connectivity index (χ1) is 12.1. The Morgan fingerprint density at radius 2 is 2.12 bits per heavy atom. The summed E-state index contributed by atoms with van der Waals surface area (Å²) in [4.78, 5) is 17.4. The van der Waals surface area contributed by atoms with Gasteiger partial charge in [-0.3, -0.25) is 9.36 Å². The van der Waals surface area contributed by atoms with E-state index in [4.69, 9.17) is 21.3 Å². The van der Waals surface area contributed by atoms with Crippen molar-refractivity contribution < 1.29 is 4.74 Å². The molecule has 0 saturated heterocycles. The molecule has 0 aliphatic carbocycles. The van der Waals surface area contributed by atoms with Gasteiger partial charge >= 0.3 is 0 Å². The number of nitrogens with zero attached hydrogens (tertiary/aromatic N) is 2. The van der Waals surface area contributed by atoms with E-state index in [1.165, 1.54) is 0 Å². The summed E-state index contributed by atoms with van der Waals surface area (Å²) in [6.45, 7) is 0.627. The first kappa shape index (κ1) is 16.4. The van der Waals surface area contributed by atoms with E-state index in [9.17, 15) is 4.79 Å². The van der Waals surface area contributed by atoms with Crippen LogP contribution in [0, 0.1) is 0 Å². The Bertz CT molecular complexity index is 1090. The highest BCUT2D eigenvalue weighted by molar-refractivity contribution is 9.10. The smallest absolute Gasteiger partial charge is 0.261 e. The van der Waals surface area contributed by atoms with Gasteiger partial charge in [0.2, 0.25) is 0 Å². The molecular weight excluding hydrogens is 404 g/mol. The van der Waals surface area contributed by atoms with Crippen molar-refractivity contribution in [2.24, 2.45) is 0 Å². The molecule has 1 aromatic heterocycles. The van der Waals surface area contributed by atoms with E-state index in [0.717, 1.165) is 27.8 Å². The Kier molecular flexibility index (Phi) is 4.13. The number of halogens is 2. The van der Waals surface area contributed by atoms with Gasteiger partial charge < -0.3 is 4.74 Å². The minimum absolute atomic E-state index is 0.0266. The fourth-order valence-electron chi connectivity index (χ4n) is 3.13. The van der Waals surface area contributed by atoms with Crippen LogP contribution in [0.5, 0.6) is 5.75 Å². The van der Waals surface area contributed by atoms with Crippen LogP contribution in [0.1, 0.15) is 17.8 Å². The molecule has 0 radical (unpaired) electrons. The SMILES string of the molecule is COc1ccc(Br)cc1/C=C1\CCn2c1nc1cc(Cl)ccc1c2=O. The lowest BCUT2D eigenvalue weighted by Crippen LogP contribution is -2.20. The molecule has 3 aromatic rings. The largest absolute Gasteiger partial charge is 0.496 e. The predicted molar refractivity (Wildman–Crippen MR) is 104 cm³/mol. The minimum atomic E-state index is -0.0266. The van der Waals surface area contributed by atoms with Crippen molar-refractivity contribution in [2.45, 2.75) is 13.0 Å². The van der Waals surface area contributed by atoms with E-state index in [1.54, 1.807) is 29.9 Å². The van der Waals surface area contributed by atoms with Crippen molar-refractivity contribution in [3.05, 3.63) is 67.6 Å². The Morgan fingerprint density at radius 3 is 2.92 bits per heavy atom. The summed E-state index contributed by atoms with van der Waals surface area (Å²) in [5.41, 5.74) is 2.55. The second-order valence-corrected chi connectivity index (χ2v) is 7.21. The number of aromatic nitrogens is 2. The summed E-state index contributed by atoms with van der Waals surface area (Å²) in [6, 6.07) is 11.0. The van der Waals surface area contributed by atoms with Gasteiger partial charge in [0.15, 0.2) is 0 Å². The number of ether oxygens (including phenoxy) is 1. The van der Waals surface area contributed by atoms with Crippen LogP contribution in [0.3, 0.4) is 0 Å². The first-order valence-electron chi connectivity index (χ1n) is 7.81. The number of hydrogen-bond donors (Lipinski definition) is 0. The van der Waals surface area contributed by atoms with Gasteiger partial charge in [0.1, 0.15) is 11.6 Å². The summed E-state index contributed by atoms with van der Waals surface area (Å²) in [5.74, 6) is 1.47. The molecule has 4 rings (SSSR count). The van der Waals surface area contributed by atoms with E-state index in [1.807, 2.05) is 24.3 Å². The summed E-state index contributed by atoms with van der Waals surface area (Å²) < 4.78 is 8.13. The monoisotopic (exact) mass is 416 g/mol. The summed E-state index contributed by atoms with van der Waals surface area (Å²) in [6.07, 6.45) is 2.78. The maximum Gasteiger partial charge on any atom is 0.261 e. The lowest BCUT2D eigenvalue weighted by molar-refractivity contribution is 0.414. The molecular formula is C19H14BrClN2O2. The van der Waals surface area contributed by atoms with Crippen LogP contribution < -0.4 is 10.3 Å². The van der Waals surface area contributed by atoms with Crippen molar-refractivity contribution in [1.29, 1.82) is 0 Å². The third-order valence-corrected chi connectivity index (χ3v) is 5.06. The Labute approximate surface area is 157 Å². The second kappa shape index (κ2) is 6.32. The number of fused-ring (bicyclic) bond motifs is 2.